The molecule has 0 fully saturated rings. The van der Waals surface area contributed by atoms with Crippen LogP contribution in [0.5, 0.6) is 0 Å². The van der Waals surface area contributed by atoms with Gasteiger partial charge in [0.15, 0.2) is 0 Å². The molecule has 4 heteroatoms. The number of fused-ring (bicyclic) bond motifs is 3. The zero-order valence-corrected chi connectivity index (χ0v) is 12.0. The van der Waals surface area contributed by atoms with Crippen molar-refractivity contribution < 1.29 is 4.42 Å². The largest absolute Gasteiger partial charge is 0.389 e. The summed E-state index contributed by atoms with van der Waals surface area (Å²) in [5, 5.41) is 3.13. The van der Waals surface area contributed by atoms with E-state index in [1.54, 1.807) is 0 Å². The minimum absolute atomic E-state index is 0.203. The Labute approximate surface area is 117 Å². The van der Waals surface area contributed by atoms with Gasteiger partial charge in [0.05, 0.1) is 11.3 Å². The molecule has 1 aliphatic carbocycles. The summed E-state index contributed by atoms with van der Waals surface area (Å²) < 4.78 is 5.29. The second-order valence-corrected chi connectivity index (χ2v) is 6.17. The van der Waals surface area contributed by atoms with E-state index in [2.05, 4.69) is 16.4 Å². The first-order valence-corrected chi connectivity index (χ1v) is 6.84. The van der Waals surface area contributed by atoms with Crippen LogP contribution < -0.4 is 10.9 Å². The summed E-state index contributed by atoms with van der Waals surface area (Å²) >= 11 is 0. The van der Waals surface area contributed by atoms with Crippen molar-refractivity contribution in [3.8, 4) is 11.3 Å². The molecule has 1 aromatic heterocycles. The number of hydrogen-bond donors (Lipinski definition) is 1. The highest BCUT2D eigenvalue weighted by Crippen LogP contribution is 2.31. The molecular weight excluding hydrogens is 252 g/mol. The van der Waals surface area contributed by atoms with Gasteiger partial charge in [-0.15, -0.1) is 0 Å². The third-order valence-electron chi connectivity index (χ3n) is 3.33. The van der Waals surface area contributed by atoms with Gasteiger partial charge in [0.25, 0.3) is 6.01 Å². The zero-order chi connectivity index (χ0) is 14.3. The van der Waals surface area contributed by atoms with E-state index in [-0.39, 0.29) is 17.2 Å². The van der Waals surface area contributed by atoms with Crippen molar-refractivity contribution >= 4 is 6.01 Å². The van der Waals surface area contributed by atoms with Gasteiger partial charge in [-0.3, -0.25) is 0 Å². The van der Waals surface area contributed by atoms with Crippen molar-refractivity contribution in [3.05, 3.63) is 45.8 Å². The van der Waals surface area contributed by atoms with Gasteiger partial charge in [-0.25, -0.2) is 4.79 Å². The lowest BCUT2D eigenvalue weighted by atomic mass is 9.90. The Morgan fingerprint density at radius 2 is 1.95 bits per heavy atom. The smallest absolute Gasteiger partial charge is 0.344 e. The fourth-order valence-electron chi connectivity index (χ4n) is 2.48. The van der Waals surface area contributed by atoms with E-state index in [4.69, 9.17) is 4.42 Å². The summed E-state index contributed by atoms with van der Waals surface area (Å²) in [6.45, 7) is 6.01. The summed E-state index contributed by atoms with van der Waals surface area (Å²) in [7, 11) is 0. The Morgan fingerprint density at radius 3 is 2.70 bits per heavy atom. The normalized spacial score (nSPS) is 13.6. The number of hydrogen-bond acceptors (Lipinski definition) is 4. The van der Waals surface area contributed by atoms with Crippen molar-refractivity contribution in [3.63, 3.8) is 0 Å². The van der Waals surface area contributed by atoms with E-state index < -0.39 is 0 Å². The molecule has 3 rings (SSSR count). The first kappa shape index (κ1) is 12.9. The van der Waals surface area contributed by atoms with Crippen LogP contribution in [0.25, 0.3) is 11.3 Å². The number of nitrogens with zero attached hydrogens (tertiary/aromatic N) is 1. The number of aromatic nitrogens is 1. The molecule has 4 nitrogen and oxygen atoms in total. The Balaban J connectivity index is 2.15. The fourth-order valence-corrected chi connectivity index (χ4v) is 2.48. The van der Waals surface area contributed by atoms with E-state index in [0.717, 1.165) is 17.7 Å². The summed E-state index contributed by atoms with van der Waals surface area (Å²) in [6.07, 6.45) is 1.55. The van der Waals surface area contributed by atoms with Gasteiger partial charge in [-0.2, -0.15) is 4.98 Å². The van der Waals surface area contributed by atoms with E-state index in [1.807, 2.05) is 39.0 Å². The zero-order valence-electron chi connectivity index (χ0n) is 12.0. The lowest BCUT2D eigenvalue weighted by molar-refractivity contribution is 0.474. The van der Waals surface area contributed by atoms with Crippen molar-refractivity contribution in [1.82, 2.24) is 4.98 Å². The van der Waals surface area contributed by atoms with Gasteiger partial charge in [0.2, 0.25) is 0 Å². The van der Waals surface area contributed by atoms with Crippen LogP contribution in [0.1, 0.15) is 31.9 Å². The molecule has 20 heavy (non-hydrogen) atoms. The molecule has 0 saturated carbocycles. The standard InChI is InChI=1S/C16H18N2O2/c1-16(2,3)18-15-17-13-11-7-5-4-6-10(11)8-9-12(13)14(19)20-15/h4-7H,8-9H2,1-3H3,(H,17,18). The molecule has 0 radical (unpaired) electrons. The highest BCUT2D eigenvalue weighted by molar-refractivity contribution is 5.69. The lowest BCUT2D eigenvalue weighted by Crippen LogP contribution is -2.28. The Morgan fingerprint density at radius 1 is 1.20 bits per heavy atom. The topological polar surface area (TPSA) is 55.1 Å². The molecule has 104 valence electrons. The SMILES string of the molecule is CC(C)(C)Nc1nc2c(c(=O)o1)CCc1ccccc1-2. The molecule has 2 aromatic rings. The van der Waals surface area contributed by atoms with Crippen LogP contribution in [-0.2, 0) is 12.8 Å². The lowest BCUT2D eigenvalue weighted by Gasteiger charge is -2.22. The van der Waals surface area contributed by atoms with Gasteiger partial charge in [-0.1, -0.05) is 24.3 Å². The van der Waals surface area contributed by atoms with Crippen molar-refractivity contribution in [2.75, 3.05) is 5.32 Å². The van der Waals surface area contributed by atoms with Gasteiger partial charge in [0.1, 0.15) is 0 Å². The van der Waals surface area contributed by atoms with Crippen LogP contribution in [0.15, 0.2) is 33.5 Å². The molecule has 0 spiro atoms. The maximum atomic E-state index is 12.1. The monoisotopic (exact) mass is 270 g/mol. The number of nitrogens with one attached hydrogen (secondary N) is 1. The average Bonchev–Trinajstić information content (AvgIpc) is 2.36. The van der Waals surface area contributed by atoms with E-state index >= 15 is 0 Å². The van der Waals surface area contributed by atoms with Crippen molar-refractivity contribution in [1.29, 1.82) is 0 Å². The molecular formula is C16H18N2O2. The molecule has 1 N–H and O–H groups in total. The summed E-state index contributed by atoms with van der Waals surface area (Å²) in [5.41, 5.74) is 3.23. The van der Waals surface area contributed by atoms with E-state index in [0.29, 0.717) is 12.0 Å². The number of benzene rings is 1. The molecule has 1 aromatic carbocycles. The Bertz CT molecular complexity index is 711. The molecule has 0 unspecified atom stereocenters. The molecule has 0 aliphatic heterocycles. The molecule has 0 saturated heterocycles. The minimum atomic E-state index is -0.281. The number of aryl methyl sites for hydroxylation is 1. The highest BCUT2D eigenvalue weighted by atomic mass is 16.4. The van der Waals surface area contributed by atoms with E-state index in [9.17, 15) is 4.79 Å². The van der Waals surface area contributed by atoms with Gasteiger partial charge < -0.3 is 9.73 Å². The van der Waals surface area contributed by atoms with E-state index in [1.165, 1.54) is 5.56 Å². The second kappa shape index (κ2) is 4.47. The summed E-state index contributed by atoms with van der Waals surface area (Å²) in [5.74, 6) is 0. The van der Waals surface area contributed by atoms with Crippen LogP contribution >= 0.6 is 0 Å². The molecule has 1 aliphatic rings. The summed E-state index contributed by atoms with van der Waals surface area (Å²) in [4.78, 5) is 16.7. The van der Waals surface area contributed by atoms with Crippen molar-refractivity contribution in [2.24, 2.45) is 0 Å². The predicted molar refractivity (Wildman–Crippen MR) is 79.0 cm³/mol. The molecule has 0 atom stereocenters. The van der Waals surface area contributed by atoms with Crippen LogP contribution in [0.2, 0.25) is 0 Å². The predicted octanol–water partition coefficient (Wildman–Crippen LogP) is 3.01. The highest BCUT2D eigenvalue weighted by Gasteiger charge is 2.23. The van der Waals surface area contributed by atoms with Crippen molar-refractivity contribution in [2.45, 2.75) is 39.2 Å². The van der Waals surface area contributed by atoms with Gasteiger partial charge in [-0.05, 0) is 39.2 Å². The van der Waals surface area contributed by atoms with Crippen LogP contribution in [-0.4, -0.2) is 10.5 Å². The maximum absolute atomic E-state index is 12.1. The maximum Gasteiger partial charge on any atom is 0.344 e. The molecule has 1 heterocycles. The second-order valence-electron chi connectivity index (χ2n) is 6.17. The molecule has 0 bridgehead atoms. The molecule has 0 amide bonds. The minimum Gasteiger partial charge on any atom is -0.389 e. The van der Waals surface area contributed by atoms with Gasteiger partial charge in [0, 0.05) is 11.1 Å². The number of anilines is 1. The Kier molecular flexibility index (Phi) is 2.89. The summed E-state index contributed by atoms with van der Waals surface area (Å²) in [6, 6.07) is 8.38. The van der Waals surface area contributed by atoms with Crippen LogP contribution in [0, 0.1) is 0 Å². The van der Waals surface area contributed by atoms with Crippen LogP contribution in [0.4, 0.5) is 6.01 Å². The van der Waals surface area contributed by atoms with Crippen LogP contribution in [0.3, 0.4) is 0 Å². The average molecular weight is 270 g/mol. The third-order valence-corrected chi connectivity index (χ3v) is 3.33. The van der Waals surface area contributed by atoms with Gasteiger partial charge >= 0.3 is 5.63 Å². The third kappa shape index (κ3) is 2.33. The first-order chi connectivity index (χ1) is 9.44. The number of rotatable bonds is 1. The Hall–Kier alpha value is -2.10. The quantitative estimate of drug-likeness (QED) is 0.865. The first-order valence-electron chi connectivity index (χ1n) is 6.84. The fraction of sp³-hybridized carbons (Fsp3) is 0.375.